The van der Waals surface area contributed by atoms with E-state index in [-0.39, 0.29) is 0 Å². The summed E-state index contributed by atoms with van der Waals surface area (Å²) in [5.41, 5.74) is 6.88. The first-order valence-corrected chi connectivity index (χ1v) is 5.55. The molecule has 1 aromatic rings. The predicted octanol–water partition coefficient (Wildman–Crippen LogP) is 1.81. The standard InChI is InChI=1S/C11H19N3/c1-9-8-13-11(6-7-12)14(9)10-4-2-3-5-10/h8,10H,2-7,12H2,1H3. The van der Waals surface area contributed by atoms with Gasteiger partial charge in [0.25, 0.3) is 0 Å². The van der Waals surface area contributed by atoms with E-state index in [0.717, 1.165) is 6.42 Å². The van der Waals surface area contributed by atoms with Gasteiger partial charge in [-0.2, -0.15) is 0 Å². The third-order valence-electron chi connectivity index (χ3n) is 3.12. The van der Waals surface area contributed by atoms with Crippen molar-refractivity contribution in [3.05, 3.63) is 17.7 Å². The van der Waals surface area contributed by atoms with Gasteiger partial charge in [-0.1, -0.05) is 12.8 Å². The average Bonchev–Trinajstić information content (AvgIpc) is 2.76. The molecule has 1 aliphatic rings. The summed E-state index contributed by atoms with van der Waals surface area (Å²) in [5.74, 6) is 1.18. The van der Waals surface area contributed by atoms with Gasteiger partial charge in [0.1, 0.15) is 5.82 Å². The van der Waals surface area contributed by atoms with Gasteiger partial charge in [-0.15, -0.1) is 0 Å². The molecule has 14 heavy (non-hydrogen) atoms. The van der Waals surface area contributed by atoms with Crippen molar-refractivity contribution in [3.63, 3.8) is 0 Å². The third kappa shape index (κ3) is 1.69. The SMILES string of the molecule is Cc1cnc(CCN)n1C1CCCC1. The maximum Gasteiger partial charge on any atom is 0.110 e. The van der Waals surface area contributed by atoms with Crippen LogP contribution in [0.25, 0.3) is 0 Å². The number of nitrogens with two attached hydrogens (primary N) is 1. The van der Waals surface area contributed by atoms with Gasteiger partial charge in [0.2, 0.25) is 0 Å². The van der Waals surface area contributed by atoms with Gasteiger partial charge < -0.3 is 10.3 Å². The van der Waals surface area contributed by atoms with Crippen molar-refractivity contribution in [1.29, 1.82) is 0 Å². The molecule has 0 atom stereocenters. The van der Waals surface area contributed by atoms with Gasteiger partial charge in [-0.3, -0.25) is 0 Å². The minimum Gasteiger partial charge on any atom is -0.330 e. The van der Waals surface area contributed by atoms with Crippen LogP contribution in [0.3, 0.4) is 0 Å². The van der Waals surface area contributed by atoms with E-state index in [0.29, 0.717) is 12.6 Å². The zero-order chi connectivity index (χ0) is 9.97. The molecule has 3 nitrogen and oxygen atoms in total. The molecule has 3 heteroatoms. The lowest BCUT2D eigenvalue weighted by Crippen LogP contribution is -2.14. The second kappa shape index (κ2) is 4.13. The van der Waals surface area contributed by atoms with Crippen molar-refractivity contribution in [2.75, 3.05) is 6.54 Å². The van der Waals surface area contributed by atoms with Crippen LogP contribution in [0.15, 0.2) is 6.20 Å². The molecule has 1 fully saturated rings. The molecule has 0 bridgehead atoms. The number of aromatic nitrogens is 2. The van der Waals surface area contributed by atoms with Gasteiger partial charge in [-0.25, -0.2) is 4.98 Å². The smallest absolute Gasteiger partial charge is 0.110 e. The Kier molecular flexibility index (Phi) is 2.87. The zero-order valence-corrected chi connectivity index (χ0v) is 8.87. The van der Waals surface area contributed by atoms with Gasteiger partial charge in [0, 0.05) is 24.4 Å². The van der Waals surface area contributed by atoms with Crippen LogP contribution in [0.4, 0.5) is 0 Å². The van der Waals surface area contributed by atoms with Crippen LogP contribution in [0, 0.1) is 6.92 Å². The highest BCUT2D eigenvalue weighted by Gasteiger charge is 2.20. The largest absolute Gasteiger partial charge is 0.330 e. The normalized spacial score (nSPS) is 17.9. The van der Waals surface area contributed by atoms with E-state index in [2.05, 4.69) is 16.5 Å². The monoisotopic (exact) mass is 193 g/mol. The zero-order valence-electron chi connectivity index (χ0n) is 8.87. The fourth-order valence-corrected chi connectivity index (χ4v) is 2.47. The van der Waals surface area contributed by atoms with Crippen LogP contribution >= 0.6 is 0 Å². The van der Waals surface area contributed by atoms with E-state index in [1.54, 1.807) is 0 Å². The lowest BCUT2D eigenvalue weighted by Gasteiger charge is -2.16. The quantitative estimate of drug-likeness (QED) is 0.795. The summed E-state index contributed by atoms with van der Waals surface area (Å²) >= 11 is 0. The second-order valence-corrected chi connectivity index (χ2v) is 4.16. The molecule has 0 unspecified atom stereocenters. The Morgan fingerprint density at radius 3 is 2.86 bits per heavy atom. The van der Waals surface area contributed by atoms with E-state index >= 15 is 0 Å². The highest BCUT2D eigenvalue weighted by atomic mass is 15.1. The first-order valence-electron chi connectivity index (χ1n) is 5.55. The number of imidazole rings is 1. The Balaban J connectivity index is 2.24. The van der Waals surface area contributed by atoms with Crippen molar-refractivity contribution < 1.29 is 0 Å². The topological polar surface area (TPSA) is 43.8 Å². The highest BCUT2D eigenvalue weighted by molar-refractivity contribution is 5.06. The highest BCUT2D eigenvalue weighted by Crippen LogP contribution is 2.31. The van der Waals surface area contributed by atoms with Crippen molar-refractivity contribution in [2.45, 2.75) is 45.1 Å². The van der Waals surface area contributed by atoms with Crippen molar-refractivity contribution in [3.8, 4) is 0 Å². The Morgan fingerprint density at radius 2 is 2.21 bits per heavy atom. The van der Waals surface area contributed by atoms with Crippen molar-refractivity contribution in [1.82, 2.24) is 9.55 Å². The second-order valence-electron chi connectivity index (χ2n) is 4.16. The van der Waals surface area contributed by atoms with Gasteiger partial charge in [0.05, 0.1) is 0 Å². The van der Waals surface area contributed by atoms with Crippen LogP contribution in [-0.2, 0) is 6.42 Å². The Bertz CT molecular complexity index is 297. The number of hydrogen-bond donors (Lipinski definition) is 1. The van der Waals surface area contributed by atoms with Crippen LogP contribution in [0.2, 0.25) is 0 Å². The minimum absolute atomic E-state index is 0.694. The summed E-state index contributed by atoms with van der Waals surface area (Å²) in [5, 5.41) is 0. The summed E-state index contributed by atoms with van der Waals surface area (Å²) < 4.78 is 2.40. The lowest BCUT2D eigenvalue weighted by molar-refractivity contribution is 0.488. The molecule has 0 amide bonds. The Morgan fingerprint density at radius 1 is 1.50 bits per heavy atom. The summed E-state index contributed by atoms with van der Waals surface area (Å²) in [6.07, 6.45) is 8.24. The Hall–Kier alpha value is -0.830. The molecule has 2 N–H and O–H groups in total. The first-order chi connectivity index (χ1) is 6.83. The summed E-state index contributed by atoms with van der Waals surface area (Å²) in [6, 6.07) is 0.694. The number of rotatable bonds is 3. The number of hydrogen-bond acceptors (Lipinski definition) is 2. The minimum atomic E-state index is 0.694. The number of nitrogens with zero attached hydrogens (tertiary/aromatic N) is 2. The molecule has 1 heterocycles. The van der Waals surface area contributed by atoms with E-state index < -0.39 is 0 Å². The molecule has 0 aliphatic heterocycles. The van der Waals surface area contributed by atoms with E-state index in [9.17, 15) is 0 Å². The molecular weight excluding hydrogens is 174 g/mol. The molecule has 0 aromatic carbocycles. The maximum atomic E-state index is 5.58. The molecule has 1 aliphatic carbocycles. The lowest BCUT2D eigenvalue weighted by atomic mass is 10.2. The first kappa shape index (κ1) is 9.71. The maximum absolute atomic E-state index is 5.58. The van der Waals surface area contributed by atoms with Crippen molar-refractivity contribution in [2.24, 2.45) is 5.73 Å². The molecule has 78 valence electrons. The van der Waals surface area contributed by atoms with Crippen molar-refractivity contribution >= 4 is 0 Å². The number of aryl methyl sites for hydroxylation is 1. The van der Waals surface area contributed by atoms with E-state index in [1.165, 1.54) is 37.2 Å². The van der Waals surface area contributed by atoms with E-state index in [1.807, 2.05) is 6.20 Å². The van der Waals surface area contributed by atoms with Gasteiger partial charge >= 0.3 is 0 Å². The van der Waals surface area contributed by atoms with Gasteiger partial charge in [-0.05, 0) is 26.3 Å². The van der Waals surface area contributed by atoms with Crippen LogP contribution in [-0.4, -0.2) is 16.1 Å². The fraction of sp³-hybridized carbons (Fsp3) is 0.727. The van der Waals surface area contributed by atoms with E-state index in [4.69, 9.17) is 5.73 Å². The van der Waals surface area contributed by atoms with Crippen LogP contribution < -0.4 is 5.73 Å². The predicted molar refractivity (Wildman–Crippen MR) is 57.2 cm³/mol. The molecular formula is C11H19N3. The molecule has 0 saturated heterocycles. The fourth-order valence-electron chi connectivity index (χ4n) is 2.47. The van der Waals surface area contributed by atoms with Crippen LogP contribution in [0.5, 0.6) is 0 Å². The average molecular weight is 193 g/mol. The molecule has 0 spiro atoms. The third-order valence-corrected chi connectivity index (χ3v) is 3.12. The van der Waals surface area contributed by atoms with Gasteiger partial charge in [0.15, 0.2) is 0 Å². The molecule has 0 radical (unpaired) electrons. The summed E-state index contributed by atoms with van der Waals surface area (Å²) in [4.78, 5) is 4.43. The summed E-state index contributed by atoms with van der Waals surface area (Å²) in [6.45, 7) is 2.84. The summed E-state index contributed by atoms with van der Waals surface area (Å²) in [7, 11) is 0. The molecule has 1 aromatic heterocycles. The molecule has 1 saturated carbocycles. The molecule has 2 rings (SSSR count). The van der Waals surface area contributed by atoms with Crippen LogP contribution in [0.1, 0.15) is 43.2 Å². The Labute approximate surface area is 85.3 Å².